The molecule has 0 amide bonds. The second-order valence-corrected chi connectivity index (χ2v) is 22.8. The fourth-order valence-electron chi connectivity index (χ4n) is 9.42. The lowest BCUT2D eigenvalue weighted by atomic mass is 9.95. The molecule has 11 nitrogen and oxygen atoms in total. The molecule has 0 unspecified atom stereocenters. The highest BCUT2D eigenvalue weighted by molar-refractivity contribution is 6.90. The van der Waals surface area contributed by atoms with Crippen LogP contribution in [0.1, 0.15) is 59.9 Å². The molecule has 4 aromatic rings. The number of benzene rings is 2. The Morgan fingerprint density at radius 1 is 0.897 bits per heavy atom. The molecule has 4 aliphatic rings. The molecule has 0 N–H and O–H groups in total. The van der Waals surface area contributed by atoms with Crippen LogP contribution in [0.25, 0.3) is 32.9 Å². The van der Waals surface area contributed by atoms with Crippen LogP contribution in [0, 0.1) is 28.5 Å². The monoisotopic (exact) mass is 815 g/mol. The number of methoxy groups -OCH3 is 1. The van der Waals surface area contributed by atoms with Gasteiger partial charge < -0.3 is 33.3 Å². The molecular weight excluding hydrogens is 761 g/mol. The normalized spacial score (nSPS) is 19.2. The van der Waals surface area contributed by atoms with Gasteiger partial charge in [0.15, 0.2) is 12.6 Å². The minimum absolute atomic E-state index is 0.0106. The summed E-state index contributed by atoms with van der Waals surface area (Å²) in [4.78, 5) is 19.1. The lowest BCUT2D eigenvalue weighted by molar-refractivity contribution is 0.0231. The molecule has 3 fully saturated rings. The van der Waals surface area contributed by atoms with Gasteiger partial charge in [-0.1, -0.05) is 53.5 Å². The van der Waals surface area contributed by atoms with Gasteiger partial charge in [0.25, 0.3) is 0 Å². The number of anilines is 1. The van der Waals surface area contributed by atoms with Gasteiger partial charge in [0.2, 0.25) is 5.88 Å². The molecule has 2 aromatic heterocycles. The Morgan fingerprint density at radius 3 is 2.34 bits per heavy atom. The molecule has 14 heteroatoms. The highest BCUT2D eigenvalue weighted by atomic mass is 28.3. The van der Waals surface area contributed by atoms with E-state index in [9.17, 15) is 0 Å². The number of hydrogen-bond acceptors (Lipinski definition) is 11. The number of pyridine rings is 1. The maximum atomic E-state index is 17.7. The van der Waals surface area contributed by atoms with Gasteiger partial charge in [0.1, 0.15) is 48.7 Å². The van der Waals surface area contributed by atoms with Gasteiger partial charge in [-0.2, -0.15) is 9.97 Å². The Labute approximate surface area is 340 Å². The zero-order chi connectivity index (χ0) is 40.8. The van der Waals surface area contributed by atoms with E-state index >= 15 is 8.78 Å². The first-order valence-electron chi connectivity index (χ1n) is 20.7. The summed E-state index contributed by atoms with van der Waals surface area (Å²) >= 11 is 0. The lowest BCUT2D eigenvalue weighted by Crippen LogP contribution is -2.48. The van der Waals surface area contributed by atoms with Crippen molar-refractivity contribution in [1.82, 2.24) is 19.9 Å². The van der Waals surface area contributed by atoms with Crippen molar-refractivity contribution in [2.24, 2.45) is 5.41 Å². The minimum atomic E-state index is -2.30. The maximum absolute atomic E-state index is 17.7. The van der Waals surface area contributed by atoms with E-state index in [4.69, 9.17) is 43.4 Å². The Hall–Kier alpha value is -4.13. The molecule has 2 saturated heterocycles. The van der Waals surface area contributed by atoms with Gasteiger partial charge in [-0.15, -0.1) is 5.54 Å². The van der Waals surface area contributed by atoms with E-state index in [1.165, 1.54) is 13.2 Å². The molecule has 1 saturated carbocycles. The van der Waals surface area contributed by atoms with E-state index in [1.807, 2.05) is 0 Å². The summed E-state index contributed by atoms with van der Waals surface area (Å²) in [7, 11) is -0.770. The van der Waals surface area contributed by atoms with Crippen molar-refractivity contribution < 1.29 is 37.2 Å². The first-order chi connectivity index (χ1) is 27.9. The first kappa shape index (κ1) is 40.6. The molecule has 3 aliphatic heterocycles. The molecule has 310 valence electrons. The molecule has 1 aliphatic carbocycles. The van der Waals surface area contributed by atoms with Crippen LogP contribution in [0.5, 0.6) is 17.6 Å². The molecule has 2 aromatic carbocycles. The molecule has 8 rings (SSSR count). The number of rotatable bonds is 12. The van der Waals surface area contributed by atoms with E-state index in [2.05, 4.69) is 62.8 Å². The smallest absolute Gasteiger partial charge is 0.319 e. The summed E-state index contributed by atoms with van der Waals surface area (Å²) in [6.45, 7) is 19.4. The van der Waals surface area contributed by atoms with Crippen molar-refractivity contribution in [1.29, 1.82) is 0 Å². The largest absolute Gasteiger partial charge is 0.475 e. The average Bonchev–Trinajstić information content (AvgIpc) is 4.00. The lowest BCUT2D eigenvalue weighted by Gasteiger charge is -2.38. The first-order valence-corrected chi connectivity index (χ1v) is 22.9. The summed E-state index contributed by atoms with van der Waals surface area (Å²) in [6.07, 6.45) is 2.06. The summed E-state index contributed by atoms with van der Waals surface area (Å²) in [5.74, 6) is 3.22. The fourth-order valence-corrected chi connectivity index (χ4v) is 14.6. The Bertz CT molecular complexity index is 2210. The van der Waals surface area contributed by atoms with Crippen LogP contribution in [0.2, 0.25) is 16.6 Å². The number of aromatic nitrogens is 3. The predicted molar refractivity (Wildman–Crippen MR) is 222 cm³/mol. The third kappa shape index (κ3) is 7.60. The molecule has 0 radical (unpaired) electrons. The van der Waals surface area contributed by atoms with Gasteiger partial charge in [-0.05, 0) is 53.1 Å². The van der Waals surface area contributed by atoms with Crippen molar-refractivity contribution in [2.45, 2.75) is 77.0 Å². The van der Waals surface area contributed by atoms with E-state index in [1.54, 1.807) is 18.2 Å². The van der Waals surface area contributed by atoms with Crippen LogP contribution in [0.4, 0.5) is 14.6 Å². The highest BCUT2D eigenvalue weighted by Gasteiger charge is 2.46. The van der Waals surface area contributed by atoms with Crippen LogP contribution in [0.3, 0.4) is 0 Å². The summed E-state index contributed by atoms with van der Waals surface area (Å²) in [5, 5.41) is 1.40. The van der Waals surface area contributed by atoms with Crippen molar-refractivity contribution >= 4 is 35.6 Å². The van der Waals surface area contributed by atoms with E-state index < -0.39 is 19.7 Å². The predicted octanol–water partition coefficient (Wildman–Crippen LogP) is 7.76. The molecular formula is C44H55F2N5O6Si. The molecule has 0 spiro atoms. The quantitative estimate of drug-likeness (QED) is 0.0797. The van der Waals surface area contributed by atoms with E-state index in [-0.39, 0.29) is 53.5 Å². The van der Waals surface area contributed by atoms with Gasteiger partial charge >= 0.3 is 6.01 Å². The van der Waals surface area contributed by atoms with Crippen LogP contribution in [-0.4, -0.2) is 114 Å². The highest BCUT2D eigenvalue weighted by Crippen LogP contribution is 2.48. The third-order valence-electron chi connectivity index (χ3n) is 12.7. The van der Waals surface area contributed by atoms with Crippen LogP contribution < -0.4 is 19.1 Å². The van der Waals surface area contributed by atoms with Gasteiger partial charge in [0.05, 0.1) is 44.6 Å². The number of ether oxygens (including phenoxy) is 6. The molecule has 0 bridgehead atoms. The van der Waals surface area contributed by atoms with Crippen molar-refractivity contribution in [3.05, 3.63) is 41.5 Å². The Morgan fingerprint density at radius 2 is 1.64 bits per heavy atom. The van der Waals surface area contributed by atoms with E-state index in [0.29, 0.717) is 76.3 Å². The summed E-state index contributed by atoms with van der Waals surface area (Å²) in [6, 6.07) is 6.43. The minimum Gasteiger partial charge on any atom is -0.475 e. The zero-order valence-electron chi connectivity index (χ0n) is 34.8. The number of fused-ring (bicyclic) bond motifs is 3. The second kappa shape index (κ2) is 16.5. The topological polar surface area (TPSA) is 101 Å². The zero-order valence-corrected chi connectivity index (χ0v) is 35.8. The standard InChI is InChI=1S/C44H55F2N5O6Si/c1-27(2)58(28(3)4,29(5)6)19-10-33-35(45)9-8-30-20-32(57-26-52-7)21-34(36(30)33)39-38(46)40-37-41(51-15-18-54-22-31(51)23-55-42(37)47-39)49-43(48-40)56-25-44(11-12-44)24-50-13-16-53-17-14-50/h8-9,20-21,27-29,31H,11-18,22-26H2,1-7H3/t31-/m0/s1. The van der Waals surface area contributed by atoms with Crippen molar-refractivity contribution in [3.63, 3.8) is 0 Å². The number of halogens is 2. The second-order valence-electron chi connectivity index (χ2n) is 17.2. The van der Waals surface area contributed by atoms with Crippen LogP contribution in [-0.2, 0) is 14.2 Å². The maximum Gasteiger partial charge on any atom is 0.319 e. The third-order valence-corrected chi connectivity index (χ3v) is 19.0. The van der Waals surface area contributed by atoms with Crippen LogP contribution >= 0.6 is 0 Å². The van der Waals surface area contributed by atoms with Crippen LogP contribution in [0.15, 0.2) is 24.3 Å². The van der Waals surface area contributed by atoms with Gasteiger partial charge in [-0.25, -0.2) is 13.8 Å². The average molecular weight is 816 g/mol. The Balaban J connectivity index is 1.31. The fraction of sp³-hybridized carbons (Fsp3) is 0.568. The number of morpholine rings is 2. The Kier molecular flexibility index (Phi) is 11.6. The summed E-state index contributed by atoms with van der Waals surface area (Å²) in [5.41, 5.74) is 5.07. The molecule has 58 heavy (non-hydrogen) atoms. The number of hydrogen-bond donors (Lipinski definition) is 0. The number of nitrogens with zero attached hydrogens (tertiary/aromatic N) is 5. The van der Waals surface area contributed by atoms with E-state index in [0.717, 1.165) is 45.7 Å². The SMILES string of the molecule is COCOc1cc(-c2nc3c4c(nc(OCC5(CN6CCOCC6)CC5)nc4c2F)N2CCOC[C@H]2CO3)c2c(C#C[Si](C(C)C)(C(C)C)C(C)C)c(F)ccc2c1. The van der Waals surface area contributed by atoms with Crippen molar-refractivity contribution in [3.8, 4) is 40.4 Å². The molecule has 5 heterocycles. The van der Waals surface area contributed by atoms with Crippen molar-refractivity contribution in [2.75, 3.05) is 84.6 Å². The van der Waals surface area contributed by atoms with Gasteiger partial charge in [-0.3, -0.25) is 4.90 Å². The molecule has 1 atom stereocenters. The van der Waals surface area contributed by atoms with Gasteiger partial charge in [0, 0.05) is 49.7 Å². The summed E-state index contributed by atoms with van der Waals surface area (Å²) < 4.78 is 69.5.